The molecule has 98 valence electrons. The summed E-state index contributed by atoms with van der Waals surface area (Å²) < 4.78 is 4.77. The van der Waals surface area contributed by atoms with Crippen LogP contribution in [0.5, 0.6) is 0 Å². The SMILES string of the molecule is COC(=O)CC(c1ccccc1C1CC1)C(C)N. The molecular formula is C15H21NO2. The van der Waals surface area contributed by atoms with Crippen molar-refractivity contribution in [1.82, 2.24) is 0 Å². The highest BCUT2D eigenvalue weighted by molar-refractivity contribution is 5.70. The maximum atomic E-state index is 11.5. The van der Waals surface area contributed by atoms with E-state index in [4.69, 9.17) is 10.5 Å². The number of benzene rings is 1. The first-order chi connectivity index (χ1) is 8.63. The monoisotopic (exact) mass is 247 g/mol. The lowest BCUT2D eigenvalue weighted by Crippen LogP contribution is -2.28. The lowest BCUT2D eigenvalue weighted by atomic mass is 9.85. The van der Waals surface area contributed by atoms with Gasteiger partial charge >= 0.3 is 5.97 Å². The van der Waals surface area contributed by atoms with E-state index in [9.17, 15) is 4.79 Å². The van der Waals surface area contributed by atoms with Crippen molar-refractivity contribution in [1.29, 1.82) is 0 Å². The topological polar surface area (TPSA) is 52.3 Å². The quantitative estimate of drug-likeness (QED) is 0.814. The van der Waals surface area contributed by atoms with E-state index in [0.29, 0.717) is 12.3 Å². The molecule has 2 N–H and O–H groups in total. The summed E-state index contributed by atoms with van der Waals surface area (Å²) in [6.07, 6.45) is 2.86. The van der Waals surface area contributed by atoms with E-state index in [1.165, 1.54) is 31.1 Å². The summed E-state index contributed by atoms with van der Waals surface area (Å²) in [5, 5.41) is 0. The first-order valence-electron chi connectivity index (χ1n) is 6.54. The van der Waals surface area contributed by atoms with Gasteiger partial charge in [-0.3, -0.25) is 4.79 Å². The van der Waals surface area contributed by atoms with Gasteiger partial charge in [-0.2, -0.15) is 0 Å². The lowest BCUT2D eigenvalue weighted by Gasteiger charge is -2.23. The van der Waals surface area contributed by atoms with Gasteiger partial charge in [-0.1, -0.05) is 24.3 Å². The summed E-state index contributed by atoms with van der Waals surface area (Å²) in [6, 6.07) is 8.30. The first-order valence-corrected chi connectivity index (χ1v) is 6.54. The minimum atomic E-state index is -0.192. The summed E-state index contributed by atoms with van der Waals surface area (Å²) >= 11 is 0. The number of ether oxygens (including phenoxy) is 1. The number of hydrogen-bond acceptors (Lipinski definition) is 3. The minimum absolute atomic E-state index is 0.0502. The molecule has 0 radical (unpaired) electrons. The second-order valence-corrected chi connectivity index (χ2v) is 5.15. The number of methoxy groups -OCH3 is 1. The molecule has 1 fully saturated rings. The fourth-order valence-corrected chi connectivity index (χ4v) is 2.46. The zero-order valence-corrected chi connectivity index (χ0v) is 11.1. The number of rotatable bonds is 5. The highest BCUT2D eigenvalue weighted by Crippen LogP contribution is 2.44. The van der Waals surface area contributed by atoms with Crippen molar-refractivity contribution >= 4 is 5.97 Å². The third kappa shape index (κ3) is 2.91. The normalized spacial score (nSPS) is 18.2. The zero-order valence-electron chi connectivity index (χ0n) is 11.1. The van der Waals surface area contributed by atoms with Crippen LogP contribution in [-0.4, -0.2) is 19.1 Å². The summed E-state index contributed by atoms with van der Waals surface area (Å²) in [5.41, 5.74) is 8.64. The van der Waals surface area contributed by atoms with Crippen molar-refractivity contribution < 1.29 is 9.53 Å². The molecular weight excluding hydrogens is 226 g/mol. The highest BCUT2D eigenvalue weighted by atomic mass is 16.5. The van der Waals surface area contributed by atoms with Gasteiger partial charge in [-0.15, -0.1) is 0 Å². The predicted octanol–water partition coefficient (Wildman–Crippen LogP) is 2.56. The average molecular weight is 247 g/mol. The van der Waals surface area contributed by atoms with Gasteiger partial charge in [0, 0.05) is 12.0 Å². The molecule has 0 aromatic heterocycles. The minimum Gasteiger partial charge on any atom is -0.469 e. The predicted molar refractivity (Wildman–Crippen MR) is 71.4 cm³/mol. The van der Waals surface area contributed by atoms with Gasteiger partial charge in [0.15, 0.2) is 0 Å². The van der Waals surface area contributed by atoms with Crippen LogP contribution in [0.2, 0.25) is 0 Å². The van der Waals surface area contributed by atoms with Crippen LogP contribution in [0.3, 0.4) is 0 Å². The highest BCUT2D eigenvalue weighted by Gasteiger charge is 2.30. The summed E-state index contributed by atoms with van der Waals surface area (Å²) in [4.78, 5) is 11.5. The Morgan fingerprint density at radius 3 is 2.67 bits per heavy atom. The molecule has 0 spiro atoms. The van der Waals surface area contributed by atoms with Crippen molar-refractivity contribution in [3.63, 3.8) is 0 Å². The van der Waals surface area contributed by atoms with E-state index >= 15 is 0 Å². The molecule has 2 atom stereocenters. The third-order valence-electron chi connectivity index (χ3n) is 3.66. The standard InChI is InChI=1S/C15H21NO2/c1-10(16)14(9-15(17)18-2)13-6-4-3-5-12(13)11-7-8-11/h3-6,10-11,14H,7-9,16H2,1-2H3. The Morgan fingerprint density at radius 1 is 1.44 bits per heavy atom. The Balaban J connectivity index is 2.27. The van der Waals surface area contributed by atoms with Crippen LogP contribution in [-0.2, 0) is 9.53 Å². The second-order valence-electron chi connectivity index (χ2n) is 5.15. The fourth-order valence-electron chi connectivity index (χ4n) is 2.46. The fraction of sp³-hybridized carbons (Fsp3) is 0.533. The van der Waals surface area contributed by atoms with E-state index in [0.717, 1.165) is 0 Å². The largest absolute Gasteiger partial charge is 0.469 e. The van der Waals surface area contributed by atoms with E-state index in [-0.39, 0.29) is 17.9 Å². The molecule has 1 aliphatic carbocycles. The number of carbonyl (C=O) groups excluding carboxylic acids is 1. The molecule has 0 amide bonds. The Morgan fingerprint density at radius 2 is 2.11 bits per heavy atom. The van der Waals surface area contributed by atoms with Gasteiger partial charge in [-0.05, 0) is 36.8 Å². The van der Waals surface area contributed by atoms with E-state index in [1.807, 2.05) is 13.0 Å². The van der Waals surface area contributed by atoms with Crippen molar-refractivity contribution in [2.45, 2.75) is 44.1 Å². The molecule has 3 heteroatoms. The van der Waals surface area contributed by atoms with Crippen LogP contribution < -0.4 is 5.73 Å². The van der Waals surface area contributed by atoms with Gasteiger partial charge < -0.3 is 10.5 Å². The number of hydrogen-bond donors (Lipinski definition) is 1. The van der Waals surface area contributed by atoms with E-state index < -0.39 is 0 Å². The summed E-state index contributed by atoms with van der Waals surface area (Å²) in [7, 11) is 1.42. The molecule has 18 heavy (non-hydrogen) atoms. The van der Waals surface area contributed by atoms with Crippen LogP contribution in [0.1, 0.15) is 49.1 Å². The van der Waals surface area contributed by atoms with Crippen molar-refractivity contribution in [2.24, 2.45) is 5.73 Å². The molecule has 1 aromatic carbocycles. The molecule has 0 aliphatic heterocycles. The lowest BCUT2D eigenvalue weighted by molar-refractivity contribution is -0.141. The molecule has 1 saturated carbocycles. The van der Waals surface area contributed by atoms with Gasteiger partial charge in [0.1, 0.15) is 0 Å². The van der Waals surface area contributed by atoms with Gasteiger partial charge in [0.25, 0.3) is 0 Å². The Bertz CT molecular complexity index is 424. The molecule has 1 aliphatic rings. The first kappa shape index (κ1) is 13.1. The van der Waals surface area contributed by atoms with Crippen LogP contribution >= 0.6 is 0 Å². The summed E-state index contributed by atoms with van der Waals surface area (Å²) in [6.45, 7) is 1.96. The molecule has 0 heterocycles. The van der Waals surface area contributed by atoms with Gasteiger partial charge in [-0.25, -0.2) is 0 Å². The van der Waals surface area contributed by atoms with Crippen molar-refractivity contribution in [3.05, 3.63) is 35.4 Å². The maximum absolute atomic E-state index is 11.5. The molecule has 3 nitrogen and oxygen atoms in total. The van der Waals surface area contributed by atoms with E-state index in [2.05, 4.69) is 18.2 Å². The van der Waals surface area contributed by atoms with Crippen molar-refractivity contribution in [2.75, 3.05) is 7.11 Å². The smallest absolute Gasteiger partial charge is 0.306 e. The maximum Gasteiger partial charge on any atom is 0.306 e. The van der Waals surface area contributed by atoms with Crippen LogP contribution in [0.4, 0.5) is 0 Å². The average Bonchev–Trinajstić information content (AvgIpc) is 3.19. The van der Waals surface area contributed by atoms with Crippen LogP contribution in [0, 0.1) is 0 Å². The number of esters is 1. The number of carbonyl (C=O) groups is 1. The molecule has 2 unspecified atom stereocenters. The van der Waals surface area contributed by atoms with Crippen LogP contribution in [0.25, 0.3) is 0 Å². The number of nitrogens with two attached hydrogens (primary N) is 1. The second kappa shape index (κ2) is 5.53. The Labute approximate surface area is 108 Å². The van der Waals surface area contributed by atoms with Crippen LogP contribution in [0.15, 0.2) is 24.3 Å². The van der Waals surface area contributed by atoms with Crippen molar-refractivity contribution in [3.8, 4) is 0 Å². The molecule has 0 bridgehead atoms. The zero-order chi connectivity index (χ0) is 13.1. The Hall–Kier alpha value is -1.35. The molecule has 0 saturated heterocycles. The molecule has 2 rings (SSSR count). The Kier molecular flexibility index (Phi) is 4.02. The third-order valence-corrected chi connectivity index (χ3v) is 3.66. The van der Waals surface area contributed by atoms with Gasteiger partial charge in [0.2, 0.25) is 0 Å². The van der Waals surface area contributed by atoms with Gasteiger partial charge in [0.05, 0.1) is 13.5 Å². The summed E-state index contributed by atoms with van der Waals surface area (Å²) in [5.74, 6) is 0.525. The molecule has 1 aromatic rings. The van der Waals surface area contributed by atoms with E-state index in [1.54, 1.807) is 0 Å².